The number of hydrogen-bond acceptors (Lipinski definition) is 2. The van der Waals surface area contributed by atoms with Crippen LogP contribution in [0.5, 0.6) is 0 Å². The van der Waals surface area contributed by atoms with Gasteiger partial charge in [0.25, 0.3) is 0 Å². The Bertz CT molecular complexity index is 659. The SMILES string of the molecule is CSC1CCCC(n2c(CCl)nc3cc(Cl)c(F)cc32)C1. The summed E-state index contributed by atoms with van der Waals surface area (Å²) in [6, 6.07) is 3.42. The van der Waals surface area contributed by atoms with E-state index in [-0.39, 0.29) is 5.02 Å². The van der Waals surface area contributed by atoms with Crippen molar-refractivity contribution in [3.8, 4) is 0 Å². The van der Waals surface area contributed by atoms with Crippen LogP contribution < -0.4 is 0 Å². The molecule has 1 saturated carbocycles. The van der Waals surface area contributed by atoms with E-state index in [1.807, 2.05) is 11.8 Å². The van der Waals surface area contributed by atoms with Gasteiger partial charge in [-0.15, -0.1) is 11.6 Å². The number of thioether (sulfide) groups is 1. The van der Waals surface area contributed by atoms with Gasteiger partial charge in [0.1, 0.15) is 11.6 Å². The first kappa shape index (κ1) is 15.4. The molecule has 2 unspecified atom stereocenters. The first-order chi connectivity index (χ1) is 10.1. The van der Waals surface area contributed by atoms with Crippen molar-refractivity contribution in [2.75, 3.05) is 6.26 Å². The van der Waals surface area contributed by atoms with Gasteiger partial charge in [-0.3, -0.25) is 0 Å². The molecule has 0 saturated heterocycles. The van der Waals surface area contributed by atoms with Crippen LogP contribution in [0.2, 0.25) is 5.02 Å². The molecular weight excluding hydrogens is 330 g/mol. The maximum absolute atomic E-state index is 13.8. The van der Waals surface area contributed by atoms with Gasteiger partial charge in [0.2, 0.25) is 0 Å². The van der Waals surface area contributed by atoms with Crippen LogP contribution in [0.4, 0.5) is 4.39 Å². The Morgan fingerprint density at radius 1 is 1.43 bits per heavy atom. The van der Waals surface area contributed by atoms with Crippen LogP contribution in [0.3, 0.4) is 0 Å². The van der Waals surface area contributed by atoms with Gasteiger partial charge < -0.3 is 4.57 Å². The third-order valence-corrected chi connectivity index (χ3v) is 5.84. The Morgan fingerprint density at radius 2 is 2.24 bits per heavy atom. The minimum absolute atomic E-state index is 0.110. The molecule has 3 rings (SSSR count). The zero-order chi connectivity index (χ0) is 15.0. The van der Waals surface area contributed by atoms with E-state index < -0.39 is 5.82 Å². The highest BCUT2D eigenvalue weighted by Gasteiger charge is 2.26. The van der Waals surface area contributed by atoms with Gasteiger partial charge in [0.15, 0.2) is 0 Å². The van der Waals surface area contributed by atoms with Crippen molar-refractivity contribution in [3.63, 3.8) is 0 Å². The lowest BCUT2D eigenvalue weighted by atomic mass is 9.94. The average Bonchev–Trinajstić information content (AvgIpc) is 2.85. The second kappa shape index (κ2) is 6.35. The minimum Gasteiger partial charge on any atom is -0.324 e. The topological polar surface area (TPSA) is 17.8 Å². The van der Waals surface area contributed by atoms with Crippen LogP contribution in [-0.4, -0.2) is 21.1 Å². The monoisotopic (exact) mass is 346 g/mol. The normalized spacial score (nSPS) is 22.9. The van der Waals surface area contributed by atoms with E-state index in [0.717, 1.165) is 29.7 Å². The largest absolute Gasteiger partial charge is 0.324 e. The zero-order valence-corrected chi connectivity index (χ0v) is 14.1. The predicted molar refractivity (Wildman–Crippen MR) is 89.1 cm³/mol. The number of rotatable bonds is 3. The molecule has 2 atom stereocenters. The quantitative estimate of drug-likeness (QED) is 0.691. The van der Waals surface area contributed by atoms with Crippen LogP contribution in [0.25, 0.3) is 11.0 Å². The molecule has 0 amide bonds. The van der Waals surface area contributed by atoms with E-state index in [4.69, 9.17) is 23.2 Å². The van der Waals surface area contributed by atoms with E-state index >= 15 is 0 Å². The van der Waals surface area contributed by atoms with Crippen LogP contribution >= 0.6 is 35.0 Å². The molecule has 114 valence electrons. The molecule has 1 aliphatic rings. The van der Waals surface area contributed by atoms with Gasteiger partial charge >= 0.3 is 0 Å². The van der Waals surface area contributed by atoms with Crippen molar-refractivity contribution >= 4 is 46.0 Å². The Hall–Kier alpha value is -0.450. The number of hydrogen-bond donors (Lipinski definition) is 0. The molecule has 1 aliphatic carbocycles. The third kappa shape index (κ3) is 2.90. The number of benzene rings is 1. The number of fused-ring (bicyclic) bond motifs is 1. The fraction of sp³-hybridized carbons (Fsp3) is 0.533. The molecule has 0 bridgehead atoms. The molecule has 1 heterocycles. The van der Waals surface area contributed by atoms with Gasteiger partial charge in [0.05, 0.1) is 21.9 Å². The van der Waals surface area contributed by atoms with Crippen molar-refractivity contribution in [1.29, 1.82) is 0 Å². The average molecular weight is 347 g/mol. The summed E-state index contributed by atoms with van der Waals surface area (Å²) in [7, 11) is 0. The zero-order valence-electron chi connectivity index (χ0n) is 11.8. The molecular formula is C15H17Cl2FN2S. The number of nitrogens with zero attached hydrogens (tertiary/aromatic N) is 2. The lowest BCUT2D eigenvalue weighted by molar-refractivity contribution is 0.362. The summed E-state index contributed by atoms with van der Waals surface area (Å²) in [5.74, 6) is 0.734. The molecule has 0 radical (unpaired) electrons. The summed E-state index contributed by atoms with van der Waals surface area (Å²) in [5.41, 5.74) is 1.53. The van der Waals surface area contributed by atoms with E-state index in [0.29, 0.717) is 17.2 Å². The number of alkyl halides is 1. The predicted octanol–water partition coefficient (Wildman–Crippen LogP) is 5.41. The van der Waals surface area contributed by atoms with Crippen LogP contribution in [0.1, 0.15) is 37.5 Å². The van der Waals surface area contributed by atoms with E-state index in [1.54, 1.807) is 6.07 Å². The molecule has 0 spiro atoms. The third-order valence-electron chi connectivity index (χ3n) is 4.22. The fourth-order valence-corrected chi connectivity index (χ4v) is 4.37. The summed E-state index contributed by atoms with van der Waals surface area (Å²) in [6.45, 7) is 0. The van der Waals surface area contributed by atoms with E-state index in [2.05, 4.69) is 15.8 Å². The molecule has 21 heavy (non-hydrogen) atoms. The van der Waals surface area contributed by atoms with Crippen LogP contribution in [0.15, 0.2) is 12.1 Å². The highest BCUT2D eigenvalue weighted by atomic mass is 35.5. The summed E-state index contributed by atoms with van der Waals surface area (Å²) in [4.78, 5) is 4.53. The van der Waals surface area contributed by atoms with Crippen LogP contribution in [-0.2, 0) is 5.88 Å². The summed E-state index contributed by atoms with van der Waals surface area (Å²) in [6.07, 6.45) is 6.77. The molecule has 1 aromatic carbocycles. The summed E-state index contributed by atoms with van der Waals surface area (Å²) >= 11 is 13.8. The first-order valence-corrected chi connectivity index (χ1v) is 9.28. The van der Waals surface area contributed by atoms with Crippen molar-refractivity contribution < 1.29 is 4.39 Å². The van der Waals surface area contributed by atoms with Crippen molar-refractivity contribution in [2.24, 2.45) is 0 Å². The maximum atomic E-state index is 13.8. The molecule has 2 nitrogen and oxygen atoms in total. The molecule has 0 N–H and O–H groups in total. The summed E-state index contributed by atoms with van der Waals surface area (Å²) in [5, 5.41) is 0.764. The second-order valence-electron chi connectivity index (χ2n) is 5.46. The Morgan fingerprint density at radius 3 is 2.95 bits per heavy atom. The fourth-order valence-electron chi connectivity index (χ4n) is 3.21. The molecule has 6 heteroatoms. The lowest BCUT2D eigenvalue weighted by Crippen LogP contribution is -2.21. The second-order valence-corrected chi connectivity index (χ2v) is 7.28. The molecule has 1 fully saturated rings. The lowest BCUT2D eigenvalue weighted by Gasteiger charge is -2.30. The Kier molecular flexibility index (Phi) is 4.67. The van der Waals surface area contributed by atoms with Gasteiger partial charge in [-0.2, -0.15) is 11.8 Å². The van der Waals surface area contributed by atoms with Gasteiger partial charge in [0, 0.05) is 17.4 Å². The number of aromatic nitrogens is 2. The van der Waals surface area contributed by atoms with Gasteiger partial charge in [-0.05, 0) is 31.6 Å². The molecule has 2 aromatic rings. The van der Waals surface area contributed by atoms with Crippen molar-refractivity contribution in [2.45, 2.75) is 42.9 Å². The Labute approximate surface area is 138 Å². The summed E-state index contributed by atoms with van der Waals surface area (Å²) < 4.78 is 16.0. The van der Waals surface area contributed by atoms with E-state index in [9.17, 15) is 4.39 Å². The number of imidazole rings is 1. The van der Waals surface area contributed by atoms with Crippen LogP contribution in [0, 0.1) is 5.82 Å². The van der Waals surface area contributed by atoms with E-state index in [1.165, 1.54) is 18.9 Å². The first-order valence-electron chi connectivity index (χ1n) is 7.08. The Balaban J connectivity index is 2.09. The molecule has 1 aromatic heterocycles. The van der Waals surface area contributed by atoms with Gasteiger partial charge in [-0.25, -0.2) is 9.37 Å². The highest BCUT2D eigenvalue weighted by Crippen LogP contribution is 2.37. The van der Waals surface area contributed by atoms with Crippen molar-refractivity contribution in [3.05, 3.63) is 28.8 Å². The minimum atomic E-state index is -0.399. The molecule has 0 aliphatic heterocycles. The number of halogens is 3. The highest BCUT2D eigenvalue weighted by molar-refractivity contribution is 7.99. The van der Waals surface area contributed by atoms with Crippen molar-refractivity contribution in [1.82, 2.24) is 9.55 Å². The standard InChI is InChI=1S/C15H17Cl2FN2S/c1-21-10-4-2-3-9(5-10)20-14-7-12(18)11(17)6-13(14)19-15(20)8-16/h6-7,9-10H,2-5,8H2,1H3. The maximum Gasteiger partial charge on any atom is 0.144 e. The van der Waals surface area contributed by atoms with Gasteiger partial charge in [-0.1, -0.05) is 18.0 Å². The smallest absolute Gasteiger partial charge is 0.144 e.